The molecule has 3 rings (SSSR count). The van der Waals surface area contributed by atoms with E-state index >= 15 is 0 Å². The zero-order valence-corrected chi connectivity index (χ0v) is 14.3. The van der Waals surface area contributed by atoms with Gasteiger partial charge in [-0.15, -0.1) is 11.3 Å². The van der Waals surface area contributed by atoms with Gasteiger partial charge in [-0.1, -0.05) is 22.0 Å². The largest absolute Gasteiger partial charge is 0.389 e. The van der Waals surface area contributed by atoms with E-state index in [0.717, 1.165) is 47.0 Å². The van der Waals surface area contributed by atoms with Gasteiger partial charge in [-0.25, -0.2) is 4.98 Å². The lowest BCUT2D eigenvalue weighted by Gasteiger charge is -2.37. The second kappa shape index (κ2) is 6.34. The van der Waals surface area contributed by atoms with Gasteiger partial charge in [0.25, 0.3) is 0 Å². The van der Waals surface area contributed by atoms with E-state index in [1.807, 2.05) is 30.6 Å². The van der Waals surface area contributed by atoms with Crippen molar-refractivity contribution in [2.75, 3.05) is 36.0 Å². The van der Waals surface area contributed by atoms with Crippen molar-refractivity contribution in [3.05, 3.63) is 39.8 Å². The molecular weight excluding hydrogens is 350 g/mol. The predicted octanol–water partition coefficient (Wildman–Crippen LogP) is 3.29. The molecule has 1 aromatic heterocycles. The normalized spacial score (nSPS) is 17.1. The maximum absolute atomic E-state index is 9.97. The van der Waals surface area contributed by atoms with Crippen molar-refractivity contribution in [1.82, 2.24) is 4.98 Å². The van der Waals surface area contributed by atoms with Crippen LogP contribution in [0.5, 0.6) is 0 Å². The lowest BCUT2D eigenvalue weighted by Crippen LogP contribution is -2.46. The SMILES string of the molecule is CC(O)c1ccc(Br)cc1N1CCN(c2nccs2)CC1. The van der Waals surface area contributed by atoms with Gasteiger partial charge in [0.05, 0.1) is 6.10 Å². The third-order valence-corrected chi connectivity index (χ3v) is 5.08. The van der Waals surface area contributed by atoms with Crippen molar-refractivity contribution in [2.45, 2.75) is 13.0 Å². The minimum Gasteiger partial charge on any atom is -0.389 e. The van der Waals surface area contributed by atoms with Gasteiger partial charge in [0.15, 0.2) is 5.13 Å². The molecule has 0 bridgehead atoms. The average Bonchev–Trinajstić information content (AvgIpc) is 3.01. The van der Waals surface area contributed by atoms with E-state index in [-0.39, 0.29) is 0 Å². The second-order valence-electron chi connectivity index (χ2n) is 5.17. The van der Waals surface area contributed by atoms with Crippen LogP contribution in [-0.2, 0) is 0 Å². The summed E-state index contributed by atoms with van der Waals surface area (Å²) in [7, 11) is 0. The van der Waals surface area contributed by atoms with Crippen LogP contribution in [0.4, 0.5) is 10.8 Å². The Bertz CT molecular complexity index is 595. The Balaban J connectivity index is 1.76. The summed E-state index contributed by atoms with van der Waals surface area (Å²) in [5.74, 6) is 0. The first-order chi connectivity index (χ1) is 10.1. The van der Waals surface area contributed by atoms with Gasteiger partial charge < -0.3 is 14.9 Å². The van der Waals surface area contributed by atoms with Crippen molar-refractivity contribution < 1.29 is 5.11 Å². The molecular formula is C15H18BrN3OS. The van der Waals surface area contributed by atoms with Crippen LogP contribution < -0.4 is 9.80 Å². The first kappa shape index (κ1) is 14.8. The topological polar surface area (TPSA) is 39.6 Å². The number of hydrogen-bond acceptors (Lipinski definition) is 5. The third-order valence-electron chi connectivity index (χ3n) is 3.75. The summed E-state index contributed by atoms with van der Waals surface area (Å²) < 4.78 is 1.05. The Morgan fingerprint density at radius 3 is 2.57 bits per heavy atom. The number of aliphatic hydroxyl groups is 1. The number of rotatable bonds is 3. The maximum Gasteiger partial charge on any atom is 0.185 e. The highest BCUT2D eigenvalue weighted by molar-refractivity contribution is 9.10. The van der Waals surface area contributed by atoms with Gasteiger partial charge in [0, 0.05) is 53.5 Å². The van der Waals surface area contributed by atoms with Crippen LogP contribution in [0, 0.1) is 0 Å². The molecule has 0 saturated carbocycles. The fraction of sp³-hybridized carbons (Fsp3) is 0.400. The first-order valence-corrected chi connectivity index (χ1v) is 8.69. The van der Waals surface area contributed by atoms with Crippen molar-refractivity contribution in [3.8, 4) is 0 Å². The van der Waals surface area contributed by atoms with Gasteiger partial charge in [-0.2, -0.15) is 0 Å². The minimum absolute atomic E-state index is 0.454. The Morgan fingerprint density at radius 2 is 1.95 bits per heavy atom. The summed E-state index contributed by atoms with van der Waals surface area (Å²) in [6.07, 6.45) is 1.40. The molecule has 6 heteroatoms. The van der Waals surface area contributed by atoms with Crippen LogP contribution in [0.3, 0.4) is 0 Å². The van der Waals surface area contributed by atoms with Crippen molar-refractivity contribution in [3.63, 3.8) is 0 Å². The Kier molecular flexibility index (Phi) is 4.47. The molecule has 1 aliphatic heterocycles. The van der Waals surface area contributed by atoms with Crippen LogP contribution in [0.1, 0.15) is 18.6 Å². The van der Waals surface area contributed by atoms with Crippen molar-refractivity contribution in [2.24, 2.45) is 0 Å². The average molecular weight is 368 g/mol. The number of benzene rings is 1. The van der Waals surface area contributed by atoms with E-state index < -0.39 is 6.10 Å². The summed E-state index contributed by atoms with van der Waals surface area (Å²) in [6, 6.07) is 6.08. The first-order valence-electron chi connectivity index (χ1n) is 7.02. The van der Waals surface area contributed by atoms with Gasteiger partial charge in [-0.05, 0) is 19.1 Å². The molecule has 1 fully saturated rings. The monoisotopic (exact) mass is 367 g/mol. The highest BCUT2D eigenvalue weighted by Crippen LogP contribution is 2.31. The molecule has 0 radical (unpaired) electrons. The van der Waals surface area contributed by atoms with Crippen LogP contribution in [0.25, 0.3) is 0 Å². The molecule has 1 atom stereocenters. The molecule has 0 amide bonds. The molecule has 4 nitrogen and oxygen atoms in total. The second-order valence-corrected chi connectivity index (χ2v) is 6.96. The Labute approximate surface area is 137 Å². The standard InChI is InChI=1S/C15H18BrN3OS/c1-11(20)13-3-2-12(16)10-14(13)18-5-7-19(8-6-18)15-17-4-9-21-15/h2-4,9-11,20H,5-8H2,1H3. The Hall–Kier alpha value is -1.11. The van der Waals surface area contributed by atoms with Crippen molar-refractivity contribution in [1.29, 1.82) is 0 Å². The van der Waals surface area contributed by atoms with Gasteiger partial charge >= 0.3 is 0 Å². The highest BCUT2D eigenvalue weighted by atomic mass is 79.9. The van der Waals surface area contributed by atoms with Crippen LogP contribution in [-0.4, -0.2) is 36.3 Å². The number of aromatic nitrogens is 1. The molecule has 1 unspecified atom stereocenters. The molecule has 1 N–H and O–H groups in total. The number of thiazole rings is 1. The molecule has 1 aromatic carbocycles. The molecule has 0 aliphatic carbocycles. The van der Waals surface area contributed by atoms with E-state index in [9.17, 15) is 5.11 Å². The fourth-order valence-electron chi connectivity index (χ4n) is 2.65. The van der Waals surface area contributed by atoms with Gasteiger partial charge in [0.1, 0.15) is 0 Å². The lowest BCUT2D eigenvalue weighted by atomic mass is 10.1. The molecule has 1 aliphatic rings. The molecule has 21 heavy (non-hydrogen) atoms. The van der Waals surface area contributed by atoms with E-state index in [1.165, 1.54) is 0 Å². The minimum atomic E-state index is -0.454. The summed E-state index contributed by atoms with van der Waals surface area (Å²) in [5, 5.41) is 13.1. The van der Waals surface area contributed by atoms with Crippen LogP contribution in [0.2, 0.25) is 0 Å². The number of anilines is 2. The molecule has 112 valence electrons. The van der Waals surface area contributed by atoms with E-state index in [2.05, 4.69) is 36.8 Å². The maximum atomic E-state index is 9.97. The van der Waals surface area contributed by atoms with Crippen LogP contribution in [0.15, 0.2) is 34.2 Å². The lowest BCUT2D eigenvalue weighted by molar-refractivity contribution is 0.199. The van der Waals surface area contributed by atoms with Gasteiger partial charge in [-0.3, -0.25) is 0 Å². The van der Waals surface area contributed by atoms with E-state index in [1.54, 1.807) is 11.3 Å². The van der Waals surface area contributed by atoms with E-state index in [4.69, 9.17) is 0 Å². The zero-order chi connectivity index (χ0) is 14.8. The van der Waals surface area contributed by atoms with E-state index in [0.29, 0.717) is 0 Å². The predicted molar refractivity (Wildman–Crippen MR) is 91.3 cm³/mol. The smallest absolute Gasteiger partial charge is 0.185 e. The molecule has 2 heterocycles. The van der Waals surface area contributed by atoms with Gasteiger partial charge in [0.2, 0.25) is 0 Å². The third kappa shape index (κ3) is 3.22. The zero-order valence-electron chi connectivity index (χ0n) is 11.9. The number of halogens is 1. The summed E-state index contributed by atoms with van der Waals surface area (Å²) in [6.45, 7) is 5.61. The molecule has 1 saturated heterocycles. The molecule has 2 aromatic rings. The Morgan fingerprint density at radius 1 is 1.24 bits per heavy atom. The molecule has 0 spiro atoms. The number of aliphatic hydroxyl groups excluding tert-OH is 1. The summed E-state index contributed by atoms with van der Waals surface area (Å²) in [5.41, 5.74) is 2.11. The number of hydrogen-bond donors (Lipinski definition) is 1. The highest BCUT2D eigenvalue weighted by Gasteiger charge is 2.21. The summed E-state index contributed by atoms with van der Waals surface area (Å²) in [4.78, 5) is 9.04. The van der Waals surface area contributed by atoms with Crippen LogP contribution >= 0.6 is 27.3 Å². The number of piperazine rings is 1. The van der Waals surface area contributed by atoms with Crippen molar-refractivity contribution >= 4 is 38.1 Å². The number of nitrogens with zero attached hydrogens (tertiary/aromatic N) is 3. The summed E-state index contributed by atoms with van der Waals surface area (Å²) >= 11 is 5.21. The quantitative estimate of drug-likeness (QED) is 0.903. The fourth-order valence-corrected chi connectivity index (χ4v) is 3.70.